The predicted molar refractivity (Wildman–Crippen MR) is 57.3 cm³/mol. The van der Waals surface area contributed by atoms with Crippen molar-refractivity contribution in [2.24, 2.45) is 0 Å². The summed E-state index contributed by atoms with van der Waals surface area (Å²) in [4.78, 5) is 1.52. The zero-order valence-electron chi connectivity index (χ0n) is 13.2. The van der Waals surface area contributed by atoms with Gasteiger partial charge in [-0.05, 0) is 0 Å². The molecular formula is C11F17NO2. The minimum Gasteiger partial charge on any atom is -0.434 e. The van der Waals surface area contributed by atoms with Crippen molar-refractivity contribution in [2.75, 3.05) is 0 Å². The Hall–Kier alpha value is -2.44. The van der Waals surface area contributed by atoms with Crippen molar-refractivity contribution >= 4 is 0 Å². The van der Waals surface area contributed by atoms with Crippen LogP contribution in [-0.4, -0.2) is 41.4 Å². The molecule has 0 bridgehead atoms. The average molecular weight is 501 g/mol. The van der Waals surface area contributed by atoms with Crippen LogP contribution in [0.4, 0.5) is 74.6 Å². The molecule has 1 aromatic rings. The summed E-state index contributed by atoms with van der Waals surface area (Å²) in [5.41, 5.74) is 0. The van der Waals surface area contributed by atoms with E-state index in [2.05, 4.69) is 9.47 Å². The molecule has 0 saturated carbocycles. The second-order valence-corrected chi connectivity index (χ2v) is 5.05. The maximum atomic E-state index is 13.6. The van der Waals surface area contributed by atoms with Crippen molar-refractivity contribution in [3.8, 4) is 11.6 Å². The molecule has 0 amide bonds. The van der Waals surface area contributed by atoms with E-state index < -0.39 is 65.6 Å². The van der Waals surface area contributed by atoms with Gasteiger partial charge in [0.25, 0.3) is 11.8 Å². The third-order valence-electron chi connectivity index (χ3n) is 2.91. The van der Waals surface area contributed by atoms with Crippen molar-refractivity contribution in [3.63, 3.8) is 0 Å². The fraction of sp³-hybridized carbons (Fsp3) is 0.545. The first kappa shape index (κ1) is 26.6. The molecule has 0 aliphatic carbocycles. The van der Waals surface area contributed by atoms with Crippen LogP contribution in [0.15, 0.2) is 0 Å². The molecule has 0 radical (unpaired) electrons. The van der Waals surface area contributed by atoms with Crippen LogP contribution in [0.1, 0.15) is 0 Å². The molecule has 0 aliphatic heterocycles. The molecule has 1 rings (SSSR count). The molecule has 31 heavy (non-hydrogen) atoms. The van der Waals surface area contributed by atoms with E-state index in [0.717, 1.165) is 0 Å². The zero-order chi connectivity index (χ0) is 25.0. The van der Waals surface area contributed by atoms with Crippen LogP contribution < -0.4 is 9.47 Å². The molecule has 0 N–H and O–H groups in total. The number of aromatic nitrogens is 1. The van der Waals surface area contributed by atoms with Crippen LogP contribution in [0.3, 0.4) is 0 Å². The van der Waals surface area contributed by atoms with Crippen molar-refractivity contribution in [1.29, 1.82) is 0 Å². The van der Waals surface area contributed by atoms with Gasteiger partial charge < -0.3 is 9.47 Å². The first-order chi connectivity index (χ1) is 13.4. The first-order valence-corrected chi connectivity index (χ1v) is 6.48. The van der Waals surface area contributed by atoms with E-state index in [4.69, 9.17) is 0 Å². The molecule has 3 nitrogen and oxygen atoms in total. The maximum Gasteiger partial charge on any atom is 0.470 e. The van der Waals surface area contributed by atoms with E-state index in [1.54, 1.807) is 0 Å². The first-order valence-electron chi connectivity index (χ1n) is 6.48. The average Bonchev–Trinajstić information content (AvgIpc) is 2.51. The lowest BCUT2D eigenvalue weighted by molar-refractivity contribution is -0.412. The maximum absolute atomic E-state index is 13.6. The number of alkyl halides is 14. The Balaban J connectivity index is 3.85. The molecule has 180 valence electrons. The molecule has 0 spiro atoms. The van der Waals surface area contributed by atoms with Crippen LogP contribution in [0.2, 0.25) is 0 Å². The Bertz CT molecular complexity index is 792. The fourth-order valence-electron chi connectivity index (χ4n) is 1.46. The topological polar surface area (TPSA) is 31.4 Å². The number of pyridine rings is 1. The molecule has 0 fully saturated rings. The Morgan fingerprint density at radius 2 is 0.806 bits per heavy atom. The smallest absolute Gasteiger partial charge is 0.434 e. The van der Waals surface area contributed by atoms with Gasteiger partial charge in [0, 0.05) is 0 Å². The lowest BCUT2D eigenvalue weighted by Crippen LogP contribution is -2.59. The highest BCUT2D eigenvalue weighted by atomic mass is 19.4. The lowest BCUT2D eigenvalue weighted by atomic mass is 10.2. The zero-order valence-corrected chi connectivity index (χ0v) is 13.2. The number of rotatable bonds is 4. The Morgan fingerprint density at radius 3 is 1.13 bits per heavy atom. The van der Waals surface area contributed by atoms with Crippen LogP contribution in [0.25, 0.3) is 0 Å². The molecule has 20 heteroatoms. The van der Waals surface area contributed by atoms with Crippen LogP contribution >= 0.6 is 0 Å². The Morgan fingerprint density at radius 1 is 0.484 bits per heavy atom. The van der Waals surface area contributed by atoms with Crippen molar-refractivity contribution in [2.45, 2.75) is 36.4 Å². The van der Waals surface area contributed by atoms with Crippen molar-refractivity contribution < 1.29 is 84.1 Å². The molecule has 0 unspecified atom stereocenters. The van der Waals surface area contributed by atoms with Gasteiger partial charge in [0.1, 0.15) is 0 Å². The Kier molecular flexibility index (Phi) is 6.27. The van der Waals surface area contributed by atoms with Gasteiger partial charge in [0.05, 0.1) is 0 Å². The minimum absolute atomic E-state index is 1.52. The van der Waals surface area contributed by atoms with E-state index in [1.165, 1.54) is 4.98 Å². The van der Waals surface area contributed by atoms with Crippen molar-refractivity contribution in [1.82, 2.24) is 4.98 Å². The molecular weight excluding hydrogens is 501 g/mol. The quantitative estimate of drug-likeness (QED) is 0.384. The van der Waals surface area contributed by atoms with Crippen LogP contribution in [0, 0.1) is 17.6 Å². The van der Waals surface area contributed by atoms with E-state index in [1.807, 2.05) is 0 Å². The van der Waals surface area contributed by atoms with E-state index in [-0.39, 0.29) is 0 Å². The highest BCUT2D eigenvalue weighted by Gasteiger charge is 2.78. The summed E-state index contributed by atoms with van der Waals surface area (Å²) in [5.74, 6) is -31.2. The van der Waals surface area contributed by atoms with E-state index >= 15 is 0 Å². The summed E-state index contributed by atoms with van der Waals surface area (Å²) < 4.78 is 221. The summed E-state index contributed by atoms with van der Waals surface area (Å²) in [5, 5.41) is 0. The molecule has 0 aromatic carbocycles. The predicted octanol–water partition coefficient (Wildman–Crippen LogP) is 5.84. The van der Waals surface area contributed by atoms with Gasteiger partial charge in [-0.2, -0.15) is 79.6 Å². The second-order valence-electron chi connectivity index (χ2n) is 5.05. The third-order valence-corrected chi connectivity index (χ3v) is 2.91. The van der Waals surface area contributed by atoms with Gasteiger partial charge in [-0.15, -0.1) is 0 Å². The summed E-state index contributed by atoms with van der Waals surface area (Å²) >= 11 is 0. The number of ether oxygens (including phenoxy) is 2. The fourth-order valence-corrected chi connectivity index (χ4v) is 1.46. The molecule has 1 aromatic heterocycles. The molecule has 1 heterocycles. The number of halogens is 17. The normalized spacial score (nSPS) is 14.6. The van der Waals surface area contributed by atoms with Gasteiger partial charge in [-0.1, -0.05) is 0 Å². The van der Waals surface area contributed by atoms with Crippen molar-refractivity contribution in [3.05, 3.63) is 17.6 Å². The minimum atomic E-state index is -7.30. The standard InChI is InChI=1S/C11F17NO2/c12-1-2(13)4(14)29-5(31-7(16,10(23,24)25)11(26,27)28)3(1)30-6(15,8(17,18)19)9(20,21)22. The number of hydrogen-bond acceptors (Lipinski definition) is 3. The van der Waals surface area contributed by atoms with E-state index in [0.29, 0.717) is 0 Å². The van der Waals surface area contributed by atoms with Gasteiger partial charge in [0.2, 0.25) is 17.4 Å². The second kappa shape index (κ2) is 7.31. The van der Waals surface area contributed by atoms with Gasteiger partial charge in [-0.25, -0.2) is 0 Å². The number of hydrogen-bond donors (Lipinski definition) is 0. The van der Waals surface area contributed by atoms with Gasteiger partial charge in [0.15, 0.2) is 0 Å². The van der Waals surface area contributed by atoms with Crippen LogP contribution in [0.5, 0.6) is 11.6 Å². The highest BCUT2D eigenvalue weighted by Crippen LogP contribution is 2.52. The molecule has 0 atom stereocenters. The SMILES string of the molecule is Fc1nc(OC(F)(C(F)(F)F)C(F)(F)F)c(OC(F)(C(F)(F)F)C(F)(F)F)c(F)c1F. The summed E-state index contributed by atoms with van der Waals surface area (Å²) in [6, 6.07) is 0. The summed E-state index contributed by atoms with van der Waals surface area (Å²) in [7, 11) is 0. The third kappa shape index (κ3) is 4.46. The summed E-state index contributed by atoms with van der Waals surface area (Å²) in [6.07, 6.45) is -29.2. The Labute approximate surface area is 156 Å². The monoisotopic (exact) mass is 501 g/mol. The largest absolute Gasteiger partial charge is 0.470 e. The van der Waals surface area contributed by atoms with E-state index in [9.17, 15) is 74.6 Å². The van der Waals surface area contributed by atoms with Gasteiger partial charge in [-0.3, -0.25) is 0 Å². The highest BCUT2D eigenvalue weighted by molar-refractivity contribution is 5.37. The molecule has 0 aliphatic rings. The number of nitrogens with zero attached hydrogens (tertiary/aromatic N) is 1. The van der Waals surface area contributed by atoms with Crippen LogP contribution in [-0.2, 0) is 0 Å². The molecule has 0 saturated heterocycles. The van der Waals surface area contributed by atoms with Gasteiger partial charge >= 0.3 is 36.4 Å². The lowest BCUT2D eigenvalue weighted by Gasteiger charge is -2.32. The summed E-state index contributed by atoms with van der Waals surface area (Å²) in [6.45, 7) is 0.